The first kappa shape index (κ1) is 12.0. The highest BCUT2D eigenvalue weighted by atomic mass is 16.5. The van der Waals surface area contributed by atoms with Crippen LogP contribution in [0.5, 0.6) is 5.75 Å². The van der Waals surface area contributed by atoms with Gasteiger partial charge in [-0.2, -0.15) is 0 Å². The summed E-state index contributed by atoms with van der Waals surface area (Å²) >= 11 is 0. The van der Waals surface area contributed by atoms with Gasteiger partial charge in [-0.1, -0.05) is 12.1 Å². The third kappa shape index (κ3) is 2.13. The number of fused-ring (bicyclic) bond motifs is 1. The van der Waals surface area contributed by atoms with E-state index in [4.69, 9.17) is 4.74 Å². The van der Waals surface area contributed by atoms with Crippen molar-refractivity contribution in [3.63, 3.8) is 0 Å². The van der Waals surface area contributed by atoms with Gasteiger partial charge in [0, 0.05) is 25.2 Å². The molecule has 1 aromatic carbocycles. The summed E-state index contributed by atoms with van der Waals surface area (Å²) in [7, 11) is 2.06. The number of ether oxygens (including phenoxy) is 1. The molecule has 2 aliphatic heterocycles. The summed E-state index contributed by atoms with van der Waals surface area (Å²) in [6.45, 7) is 5.80. The van der Waals surface area contributed by atoms with Crippen LogP contribution < -0.4 is 5.32 Å². The van der Waals surface area contributed by atoms with Gasteiger partial charge < -0.3 is 10.1 Å². The number of hydrogen-bond acceptors (Lipinski definition) is 2. The van der Waals surface area contributed by atoms with Crippen LogP contribution in [0.1, 0.15) is 24.8 Å². The molecule has 0 spiro atoms. The average Bonchev–Trinajstić information content (AvgIpc) is 2.97. The Balaban J connectivity index is 1.63. The van der Waals surface area contributed by atoms with E-state index < -0.39 is 0 Å². The van der Waals surface area contributed by atoms with Crippen molar-refractivity contribution >= 4 is 0 Å². The minimum absolute atomic E-state index is 0.443. The van der Waals surface area contributed by atoms with Crippen molar-refractivity contribution in [3.8, 4) is 5.75 Å². The molecule has 3 heteroatoms. The van der Waals surface area contributed by atoms with Crippen LogP contribution in [-0.2, 0) is 0 Å². The van der Waals surface area contributed by atoms with Crippen LogP contribution in [0.25, 0.3) is 0 Å². The summed E-state index contributed by atoms with van der Waals surface area (Å²) < 4.78 is 4.88. The second kappa shape index (κ2) is 4.90. The number of hydrogen-bond donors (Lipinski definition) is 1. The van der Waals surface area contributed by atoms with Gasteiger partial charge in [0.2, 0.25) is 6.10 Å². The molecule has 1 saturated heterocycles. The van der Waals surface area contributed by atoms with Gasteiger partial charge in [0.25, 0.3) is 5.75 Å². The van der Waals surface area contributed by atoms with Gasteiger partial charge in [-0.15, -0.1) is 0 Å². The monoisotopic (exact) mass is 247 g/mol. The summed E-state index contributed by atoms with van der Waals surface area (Å²) in [5, 5.41) is 3.37. The highest BCUT2D eigenvalue weighted by Crippen LogP contribution is 2.39. The van der Waals surface area contributed by atoms with E-state index in [1.165, 1.54) is 30.8 Å². The maximum absolute atomic E-state index is 4.88. The average molecular weight is 247 g/mol. The first-order valence-electron chi connectivity index (χ1n) is 6.97. The number of nitrogens with one attached hydrogen (secondary N) is 1. The second-order valence-corrected chi connectivity index (χ2v) is 5.58. The minimum Gasteiger partial charge on any atom is -0.579 e. The predicted molar refractivity (Wildman–Crippen MR) is 74.2 cm³/mol. The quantitative estimate of drug-likeness (QED) is 0.824. The zero-order chi connectivity index (χ0) is 12.5. The SMILES string of the molecule is CNC1CCN(CC2[OH+]c3ccccc3C2C)C1. The van der Waals surface area contributed by atoms with Crippen molar-refractivity contribution in [1.29, 1.82) is 0 Å². The fraction of sp³-hybridized carbons (Fsp3) is 0.600. The van der Waals surface area contributed by atoms with Crippen LogP contribution in [0.15, 0.2) is 24.3 Å². The standard InChI is InChI=1S/C15H22N2O/c1-11-13-5-3-4-6-14(13)18-15(11)10-17-8-7-12(9-17)16-2/h3-6,11-12,15-16H,7-10H2,1-2H3/p+1. The molecule has 3 nitrogen and oxygen atoms in total. The molecule has 18 heavy (non-hydrogen) atoms. The number of benzene rings is 1. The third-order valence-corrected chi connectivity index (χ3v) is 4.44. The molecule has 0 radical (unpaired) electrons. The molecule has 2 heterocycles. The summed E-state index contributed by atoms with van der Waals surface area (Å²) in [5.74, 6) is 1.77. The molecule has 98 valence electrons. The van der Waals surface area contributed by atoms with Crippen LogP contribution in [-0.4, -0.2) is 48.5 Å². The smallest absolute Gasteiger partial charge is 0.258 e. The predicted octanol–water partition coefficient (Wildman–Crippen LogP) is 1.71. The zero-order valence-electron chi connectivity index (χ0n) is 11.3. The number of likely N-dealkylation sites (N-methyl/N-ethyl adjacent to an activating group) is 1. The summed E-state index contributed by atoms with van der Waals surface area (Å²) in [5.41, 5.74) is 1.42. The fourth-order valence-electron chi connectivity index (χ4n) is 3.19. The topological polar surface area (TPSA) is 28.1 Å². The largest absolute Gasteiger partial charge is 0.579 e. The van der Waals surface area contributed by atoms with Crippen LogP contribution in [0.3, 0.4) is 0 Å². The molecule has 2 N–H and O–H groups in total. The molecule has 3 atom stereocenters. The van der Waals surface area contributed by atoms with Crippen LogP contribution in [0.2, 0.25) is 0 Å². The van der Waals surface area contributed by atoms with Gasteiger partial charge in [-0.25, -0.2) is 0 Å². The molecule has 0 amide bonds. The van der Waals surface area contributed by atoms with E-state index in [1.807, 2.05) is 0 Å². The molecular formula is C15H23N2O+. The van der Waals surface area contributed by atoms with Crippen molar-refractivity contribution in [1.82, 2.24) is 10.2 Å². The molecule has 1 aromatic rings. The molecule has 1 fully saturated rings. The van der Waals surface area contributed by atoms with Crippen molar-refractivity contribution < 1.29 is 4.74 Å². The Hall–Kier alpha value is -1.06. The number of likely N-dealkylation sites (tertiary alicyclic amines) is 1. The lowest BCUT2D eigenvalue weighted by atomic mass is 9.97. The Labute approximate surface area is 109 Å². The highest BCUT2D eigenvalue weighted by Gasteiger charge is 2.37. The van der Waals surface area contributed by atoms with E-state index in [0.29, 0.717) is 18.1 Å². The van der Waals surface area contributed by atoms with Crippen molar-refractivity contribution in [2.24, 2.45) is 0 Å². The minimum atomic E-state index is 0.443. The van der Waals surface area contributed by atoms with Gasteiger partial charge >= 0.3 is 0 Å². The van der Waals surface area contributed by atoms with E-state index in [9.17, 15) is 0 Å². The highest BCUT2D eigenvalue weighted by molar-refractivity contribution is 5.39. The zero-order valence-corrected chi connectivity index (χ0v) is 11.3. The van der Waals surface area contributed by atoms with E-state index in [1.54, 1.807) is 0 Å². The summed E-state index contributed by atoms with van der Waals surface area (Å²) in [6.07, 6.45) is 1.71. The molecule has 3 rings (SSSR count). The van der Waals surface area contributed by atoms with Crippen molar-refractivity contribution in [3.05, 3.63) is 29.8 Å². The Morgan fingerprint density at radius 3 is 2.94 bits per heavy atom. The van der Waals surface area contributed by atoms with E-state index in [0.717, 1.165) is 6.54 Å². The number of nitrogens with zero attached hydrogens (tertiary/aromatic N) is 1. The van der Waals surface area contributed by atoms with Gasteiger partial charge in [0.15, 0.2) is 0 Å². The van der Waals surface area contributed by atoms with Crippen LogP contribution in [0, 0.1) is 0 Å². The fourth-order valence-corrected chi connectivity index (χ4v) is 3.19. The first-order chi connectivity index (χ1) is 8.78. The van der Waals surface area contributed by atoms with Gasteiger partial charge in [0.05, 0.1) is 18.0 Å². The molecule has 0 aliphatic carbocycles. The Morgan fingerprint density at radius 2 is 2.22 bits per heavy atom. The normalized spacial score (nSPS) is 31.3. The lowest BCUT2D eigenvalue weighted by molar-refractivity contribution is -0.0202. The van der Waals surface area contributed by atoms with Gasteiger partial charge in [-0.05, 0) is 26.5 Å². The van der Waals surface area contributed by atoms with E-state index in [2.05, 4.69) is 48.5 Å². The third-order valence-electron chi connectivity index (χ3n) is 4.44. The maximum atomic E-state index is 4.88. The number of aromatic hydroxyl groups is 1. The lowest BCUT2D eigenvalue weighted by Crippen LogP contribution is -2.36. The molecule has 0 aromatic heterocycles. The molecule has 0 saturated carbocycles. The number of para-hydroxylation sites is 1. The van der Waals surface area contributed by atoms with Crippen LogP contribution in [0.4, 0.5) is 0 Å². The summed E-state index contributed by atoms with van der Waals surface area (Å²) in [6, 6.07) is 9.25. The van der Waals surface area contributed by atoms with Crippen molar-refractivity contribution in [2.75, 3.05) is 26.7 Å². The molecule has 0 bridgehead atoms. The van der Waals surface area contributed by atoms with E-state index in [-0.39, 0.29) is 0 Å². The Bertz CT molecular complexity index is 421. The number of aliphatic hydroxyl groups is 1. The Morgan fingerprint density at radius 1 is 1.39 bits per heavy atom. The molecule has 2 aliphatic rings. The van der Waals surface area contributed by atoms with Gasteiger partial charge in [0.1, 0.15) is 0 Å². The second-order valence-electron chi connectivity index (χ2n) is 5.58. The number of rotatable bonds is 3. The molecular weight excluding hydrogens is 224 g/mol. The first-order valence-corrected chi connectivity index (χ1v) is 6.97. The molecule has 3 unspecified atom stereocenters. The Kier molecular flexibility index (Phi) is 3.27. The van der Waals surface area contributed by atoms with E-state index >= 15 is 0 Å². The lowest BCUT2D eigenvalue weighted by Gasteiger charge is -2.20. The maximum Gasteiger partial charge on any atom is 0.258 e. The summed E-state index contributed by atoms with van der Waals surface area (Å²) in [4.78, 5) is 2.55. The van der Waals surface area contributed by atoms with Gasteiger partial charge in [-0.3, -0.25) is 4.90 Å². The van der Waals surface area contributed by atoms with Crippen molar-refractivity contribution in [2.45, 2.75) is 31.4 Å². The van der Waals surface area contributed by atoms with Crippen LogP contribution >= 0.6 is 0 Å².